The second-order valence-corrected chi connectivity index (χ2v) is 5.26. The Balaban J connectivity index is 4.14. The summed E-state index contributed by atoms with van der Waals surface area (Å²) < 4.78 is 0. The maximum atomic E-state index is 11.4. The molecule has 5 heteroatoms. The second kappa shape index (κ2) is 5.35. The van der Waals surface area contributed by atoms with Crippen molar-refractivity contribution in [1.82, 2.24) is 10.2 Å². The molecule has 1 N–H and O–H groups in total. The summed E-state index contributed by atoms with van der Waals surface area (Å²) in [5.74, 6) is -0.434. The SMILES string of the molecule is C[C@H](Cl)C(=O)N(C)CC(=O)NC(C)(C)C. The molecule has 1 atom stereocenters. The van der Waals surface area contributed by atoms with E-state index in [9.17, 15) is 9.59 Å². The van der Waals surface area contributed by atoms with E-state index in [4.69, 9.17) is 11.6 Å². The van der Waals surface area contributed by atoms with E-state index in [1.54, 1.807) is 14.0 Å². The smallest absolute Gasteiger partial charge is 0.240 e. The molecule has 0 unspecified atom stereocenters. The van der Waals surface area contributed by atoms with Gasteiger partial charge in [0.2, 0.25) is 11.8 Å². The lowest BCUT2D eigenvalue weighted by Gasteiger charge is -2.23. The highest BCUT2D eigenvalue weighted by molar-refractivity contribution is 6.30. The Morgan fingerprint density at radius 3 is 2.20 bits per heavy atom. The summed E-state index contributed by atoms with van der Waals surface area (Å²) in [4.78, 5) is 24.1. The van der Waals surface area contributed by atoms with Crippen molar-refractivity contribution in [3.63, 3.8) is 0 Å². The molecule has 4 nitrogen and oxygen atoms in total. The maximum Gasteiger partial charge on any atom is 0.240 e. The molecule has 0 aliphatic carbocycles. The Hall–Kier alpha value is -0.770. The Bertz CT molecular complexity index is 246. The van der Waals surface area contributed by atoms with Crippen LogP contribution >= 0.6 is 11.6 Å². The molecular formula is C10H19ClN2O2. The van der Waals surface area contributed by atoms with E-state index < -0.39 is 5.38 Å². The predicted octanol–water partition coefficient (Wildman–Crippen LogP) is 0.987. The van der Waals surface area contributed by atoms with Crippen molar-refractivity contribution in [2.75, 3.05) is 13.6 Å². The first-order valence-electron chi connectivity index (χ1n) is 4.83. The fourth-order valence-electron chi connectivity index (χ4n) is 1.05. The van der Waals surface area contributed by atoms with Crippen molar-refractivity contribution < 1.29 is 9.59 Å². The highest BCUT2D eigenvalue weighted by Gasteiger charge is 2.19. The Morgan fingerprint density at radius 2 is 1.87 bits per heavy atom. The van der Waals surface area contributed by atoms with Gasteiger partial charge in [0.15, 0.2) is 0 Å². The third-order valence-electron chi connectivity index (χ3n) is 1.61. The Labute approximate surface area is 96.0 Å². The van der Waals surface area contributed by atoms with Crippen LogP contribution in [0.15, 0.2) is 0 Å². The third-order valence-corrected chi connectivity index (χ3v) is 1.80. The van der Waals surface area contributed by atoms with Gasteiger partial charge in [-0.15, -0.1) is 11.6 Å². The number of nitrogens with one attached hydrogen (secondary N) is 1. The number of alkyl halides is 1. The van der Waals surface area contributed by atoms with Gasteiger partial charge in [0, 0.05) is 12.6 Å². The van der Waals surface area contributed by atoms with E-state index in [-0.39, 0.29) is 23.9 Å². The average molecular weight is 235 g/mol. The van der Waals surface area contributed by atoms with Crippen molar-refractivity contribution in [2.45, 2.75) is 38.6 Å². The minimum absolute atomic E-state index is 0.0349. The molecule has 0 aliphatic heterocycles. The largest absolute Gasteiger partial charge is 0.350 e. The molecule has 0 fully saturated rings. The van der Waals surface area contributed by atoms with Gasteiger partial charge < -0.3 is 10.2 Å². The van der Waals surface area contributed by atoms with Gasteiger partial charge in [-0.2, -0.15) is 0 Å². The lowest BCUT2D eigenvalue weighted by molar-refractivity contribution is -0.134. The topological polar surface area (TPSA) is 49.4 Å². The molecule has 15 heavy (non-hydrogen) atoms. The molecule has 0 bridgehead atoms. The molecule has 0 rings (SSSR count). The molecular weight excluding hydrogens is 216 g/mol. The molecule has 0 aromatic rings. The van der Waals surface area contributed by atoms with Crippen molar-refractivity contribution in [3.8, 4) is 0 Å². The first kappa shape index (κ1) is 14.2. The molecule has 0 radical (unpaired) electrons. The number of hydrogen-bond acceptors (Lipinski definition) is 2. The standard InChI is InChI=1S/C10H19ClN2O2/c1-7(11)9(15)13(5)6-8(14)12-10(2,3)4/h7H,6H2,1-5H3,(H,12,14)/t7-/m0/s1. The normalized spacial score (nSPS) is 13.2. The van der Waals surface area contributed by atoms with Crippen molar-refractivity contribution in [3.05, 3.63) is 0 Å². The van der Waals surface area contributed by atoms with Crippen LogP contribution in [0.3, 0.4) is 0 Å². The number of rotatable bonds is 3. The number of halogens is 1. The van der Waals surface area contributed by atoms with Crippen LogP contribution in [0.5, 0.6) is 0 Å². The van der Waals surface area contributed by atoms with Gasteiger partial charge in [-0.05, 0) is 27.7 Å². The van der Waals surface area contributed by atoms with Crippen LogP contribution in [0.2, 0.25) is 0 Å². The number of nitrogens with zero attached hydrogens (tertiary/aromatic N) is 1. The molecule has 0 aliphatic rings. The Kier molecular flexibility index (Phi) is 5.08. The van der Waals surface area contributed by atoms with Crippen molar-refractivity contribution in [1.29, 1.82) is 0 Å². The minimum atomic E-state index is -0.600. The summed E-state index contributed by atoms with van der Waals surface area (Å²) in [6.07, 6.45) is 0. The second-order valence-electron chi connectivity index (χ2n) is 4.61. The van der Waals surface area contributed by atoms with Gasteiger partial charge in [0.25, 0.3) is 0 Å². The lowest BCUT2D eigenvalue weighted by Crippen LogP contribution is -2.47. The van der Waals surface area contributed by atoms with E-state index in [1.807, 2.05) is 20.8 Å². The van der Waals surface area contributed by atoms with Crippen LogP contribution in [-0.4, -0.2) is 41.2 Å². The molecule has 0 aromatic heterocycles. The van der Waals surface area contributed by atoms with E-state index in [2.05, 4.69) is 5.32 Å². The molecule has 0 aromatic carbocycles. The number of hydrogen-bond donors (Lipinski definition) is 1. The average Bonchev–Trinajstić information content (AvgIpc) is 1.98. The molecule has 0 saturated carbocycles. The fraction of sp³-hybridized carbons (Fsp3) is 0.800. The summed E-state index contributed by atoms with van der Waals surface area (Å²) in [7, 11) is 1.56. The summed E-state index contributed by atoms with van der Waals surface area (Å²) in [5, 5.41) is 2.17. The maximum absolute atomic E-state index is 11.4. The van der Waals surface area contributed by atoms with Gasteiger partial charge >= 0.3 is 0 Å². The first-order valence-corrected chi connectivity index (χ1v) is 5.27. The number of carbonyl (C=O) groups excluding carboxylic acids is 2. The predicted molar refractivity (Wildman–Crippen MR) is 60.8 cm³/mol. The summed E-state index contributed by atoms with van der Waals surface area (Å²) in [6, 6.07) is 0. The number of amides is 2. The van der Waals surface area contributed by atoms with Gasteiger partial charge in [-0.3, -0.25) is 9.59 Å². The van der Waals surface area contributed by atoms with Gasteiger partial charge in [-0.1, -0.05) is 0 Å². The molecule has 0 saturated heterocycles. The highest BCUT2D eigenvalue weighted by Crippen LogP contribution is 2.01. The molecule has 0 spiro atoms. The number of carbonyl (C=O) groups is 2. The van der Waals surface area contributed by atoms with Gasteiger partial charge in [0.1, 0.15) is 5.38 Å². The molecule has 2 amide bonds. The van der Waals surface area contributed by atoms with E-state index in [0.717, 1.165) is 0 Å². The summed E-state index contributed by atoms with van der Waals surface area (Å²) in [6.45, 7) is 7.28. The monoisotopic (exact) mass is 234 g/mol. The molecule has 0 heterocycles. The third kappa shape index (κ3) is 6.33. The zero-order chi connectivity index (χ0) is 12.2. The quantitative estimate of drug-likeness (QED) is 0.741. The minimum Gasteiger partial charge on any atom is -0.350 e. The van der Waals surface area contributed by atoms with E-state index >= 15 is 0 Å². The van der Waals surface area contributed by atoms with Crippen LogP contribution in [0.4, 0.5) is 0 Å². The van der Waals surface area contributed by atoms with E-state index in [1.165, 1.54) is 4.90 Å². The van der Waals surface area contributed by atoms with Gasteiger partial charge in [-0.25, -0.2) is 0 Å². The molecule has 88 valence electrons. The highest BCUT2D eigenvalue weighted by atomic mass is 35.5. The van der Waals surface area contributed by atoms with Crippen LogP contribution in [-0.2, 0) is 9.59 Å². The van der Waals surface area contributed by atoms with Crippen molar-refractivity contribution >= 4 is 23.4 Å². The first-order chi connectivity index (χ1) is 6.63. The van der Waals surface area contributed by atoms with Crippen molar-refractivity contribution in [2.24, 2.45) is 0 Å². The van der Waals surface area contributed by atoms with E-state index in [0.29, 0.717) is 0 Å². The zero-order valence-corrected chi connectivity index (χ0v) is 10.7. The zero-order valence-electron chi connectivity index (χ0n) is 9.93. The fourth-order valence-corrected chi connectivity index (χ4v) is 1.22. The van der Waals surface area contributed by atoms with Gasteiger partial charge in [0.05, 0.1) is 6.54 Å². The Morgan fingerprint density at radius 1 is 1.40 bits per heavy atom. The number of likely N-dealkylation sites (N-methyl/N-ethyl adjacent to an activating group) is 1. The van der Waals surface area contributed by atoms with Crippen LogP contribution in [0.1, 0.15) is 27.7 Å². The lowest BCUT2D eigenvalue weighted by atomic mass is 10.1. The van der Waals surface area contributed by atoms with Crippen LogP contribution in [0.25, 0.3) is 0 Å². The van der Waals surface area contributed by atoms with Crippen LogP contribution in [0, 0.1) is 0 Å². The summed E-state index contributed by atoms with van der Waals surface area (Å²) in [5.41, 5.74) is -0.284. The van der Waals surface area contributed by atoms with Crippen LogP contribution < -0.4 is 5.32 Å². The summed E-state index contributed by atoms with van der Waals surface area (Å²) >= 11 is 5.62.